The average molecular weight is 306 g/mol. The lowest BCUT2D eigenvalue weighted by molar-refractivity contribution is -0.141. The number of hydrogen-bond donors (Lipinski definition) is 3. The first-order chi connectivity index (χ1) is 9.86. The van der Waals surface area contributed by atoms with Crippen LogP contribution in [0.15, 0.2) is 6.07 Å². The van der Waals surface area contributed by atoms with Gasteiger partial charge in [-0.3, -0.25) is 9.89 Å². The van der Waals surface area contributed by atoms with Crippen LogP contribution in [0.1, 0.15) is 29.0 Å². The molecule has 0 saturated carbocycles. The summed E-state index contributed by atoms with van der Waals surface area (Å²) in [6.45, 7) is 2.25. The largest absolute Gasteiger partial charge is 0.432 e. The molecule has 3 N–H and O–H groups in total. The molecule has 1 fully saturated rings. The van der Waals surface area contributed by atoms with E-state index >= 15 is 0 Å². The van der Waals surface area contributed by atoms with Gasteiger partial charge >= 0.3 is 6.18 Å². The number of aliphatic hydroxyl groups excluding tert-OH is 1. The Morgan fingerprint density at radius 2 is 2.14 bits per heavy atom. The lowest BCUT2D eigenvalue weighted by Gasteiger charge is -2.19. The van der Waals surface area contributed by atoms with Gasteiger partial charge in [0.1, 0.15) is 5.69 Å². The molecule has 0 aliphatic carbocycles. The Labute approximate surface area is 119 Å². The van der Waals surface area contributed by atoms with Crippen LogP contribution in [0.5, 0.6) is 0 Å². The van der Waals surface area contributed by atoms with E-state index in [1.54, 1.807) is 5.10 Å². The molecule has 1 aromatic heterocycles. The number of aliphatic hydroxyl groups is 1. The number of hydrogen-bond acceptors (Lipinski definition) is 4. The van der Waals surface area contributed by atoms with Crippen LogP contribution in [0.4, 0.5) is 13.2 Å². The third-order valence-corrected chi connectivity index (χ3v) is 3.28. The second-order valence-corrected chi connectivity index (χ2v) is 5.04. The highest BCUT2D eigenvalue weighted by Gasteiger charge is 2.33. The molecule has 1 atom stereocenters. The zero-order valence-corrected chi connectivity index (χ0v) is 11.3. The number of amides is 1. The molecule has 0 bridgehead atoms. The van der Waals surface area contributed by atoms with Crippen molar-refractivity contribution in [1.29, 1.82) is 0 Å². The van der Waals surface area contributed by atoms with Crippen molar-refractivity contribution in [3.8, 4) is 0 Å². The number of nitrogens with one attached hydrogen (secondary N) is 2. The molecule has 2 heterocycles. The van der Waals surface area contributed by atoms with Gasteiger partial charge in [-0.15, -0.1) is 0 Å². The van der Waals surface area contributed by atoms with Crippen molar-refractivity contribution >= 4 is 5.91 Å². The Morgan fingerprint density at radius 1 is 1.48 bits per heavy atom. The maximum atomic E-state index is 12.4. The predicted molar refractivity (Wildman–Crippen MR) is 67.6 cm³/mol. The molecule has 118 valence electrons. The number of alkyl halides is 3. The van der Waals surface area contributed by atoms with E-state index in [-0.39, 0.29) is 12.2 Å². The summed E-state index contributed by atoms with van der Waals surface area (Å²) in [5.41, 5.74) is -1.43. The quantitative estimate of drug-likeness (QED) is 0.745. The molecule has 9 heteroatoms. The fourth-order valence-corrected chi connectivity index (χ4v) is 2.21. The van der Waals surface area contributed by atoms with Crippen LogP contribution in [0.25, 0.3) is 0 Å². The number of rotatable bonds is 5. The molecule has 6 nitrogen and oxygen atoms in total. The molecular weight excluding hydrogens is 289 g/mol. The number of aromatic nitrogens is 2. The van der Waals surface area contributed by atoms with Crippen LogP contribution in [-0.4, -0.2) is 58.4 Å². The molecule has 0 aromatic carbocycles. The summed E-state index contributed by atoms with van der Waals surface area (Å²) in [7, 11) is 0. The van der Waals surface area contributed by atoms with Crippen LogP contribution in [0.2, 0.25) is 0 Å². The van der Waals surface area contributed by atoms with Crippen LogP contribution in [0.3, 0.4) is 0 Å². The minimum absolute atomic E-state index is 0.0243. The molecule has 2 rings (SSSR count). The second-order valence-electron chi connectivity index (χ2n) is 5.04. The number of likely N-dealkylation sites (tertiary alicyclic amines) is 1. The summed E-state index contributed by atoms with van der Waals surface area (Å²) in [6.07, 6.45) is -3.15. The van der Waals surface area contributed by atoms with E-state index in [1.165, 1.54) is 0 Å². The van der Waals surface area contributed by atoms with Gasteiger partial charge in [0.15, 0.2) is 5.69 Å². The van der Waals surface area contributed by atoms with Crippen molar-refractivity contribution in [2.24, 2.45) is 0 Å². The van der Waals surface area contributed by atoms with Crippen LogP contribution >= 0.6 is 0 Å². The van der Waals surface area contributed by atoms with Gasteiger partial charge in [0.05, 0.1) is 6.10 Å². The molecular formula is C12H17F3N4O2. The van der Waals surface area contributed by atoms with Crippen molar-refractivity contribution in [3.05, 3.63) is 17.5 Å². The SMILES string of the molecule is O=C(NC[C@@H](O)CN1CCCC1)c1cc(C(F)(F)F)[nH]n1. The molecule has 0 radical (unpaired) electrons. The number of aromatic amines is 1. The van der Waals surface area contributed by atoms with E-state index in [0.717, 1.165) is 25.9 Å². The van der Waals surface area contributed by atoms with Crippen LogP contribution in [0, 0.1) is 0 Å². The first-order valence-electron chi connectivity index (χ1n) is 6.67. The topological polar surface area (TPSA) is 81.2 Å². The molecule has 21 heavy (non-hydrogen) atoms. The maximum Gasteiger partial charge on any atom is 0.432 e. The third-order valence-electron chi connectivity index (χ3n) is 3.28. The number of β-amino-alcohol motifs (C(OH)–C–C–N with tert-alkyl or cyclic N) is 1. The highest BCUT2D eigenvalue weighted by Crippen LogP contribution is 2.27. The summed E-state index contributed by atoms with van der Waals surface area (Å²) in [5.74, 6) is -0.748. The minimum Gasteiger partial charge on any atom is -0.390 e. The van der Waals surface area contributed by atoms with Gasteiger partial charge in [-0.05, 0) is 25.9 Å². The number of carbonyl (C=O) groups excluding carboxylic acids is 1. The molecule has 1 amide bonds. The second kappa shape index (κ2) is 6.44. The van der Waals surface area contributed by atoms with E-state index in [4.69, 9.17) is 0 Å². The van der Waals surface area contributed by atoms with E-state index < -0.39 is 23.9 Å². The average Bonchev–Trinajstić information content (AvgIpc) is 3.05. The Balaban J connectivity index is 1.79. The summed E-state index contributed by atoms with van der Waals surface area (Å²) in [4.78, 5) is 13.7. The van der Waals surface area contributed by atoms with Gasteiger partial charge in [0, 0.05) is 19.2 Å². The van der Waals surface area contributed by atoms with Gasteiger partial charge in [-0.25, -0.2) is 0 Å². The number of H-pyrrole nitrogens is 1. The van der Waals surface area contributed by atoms with Crippen molar-refractivity contribution in [2.45, 2.75) is 25.1 Å². The van der Waals surface area contributed by atoms with Crippen molar-refractivity contribution in [1.82, 2.24) is 20.4 Å². The van der Waals surface area contributed by atoms with E-state index in [1.807, 2.05) is 0 Å². The minimum atomic E-state index is -4.57. The van der Waals surface area contributed by atoms with Crippen LogP contribution in [-0.2, 0) is 6.18 Å². The fraction of sp³-hybridized carbons (Fsp3) is 0.667. The Bertz CT molecular complexity index is 483. The maximum absolute atomic E-state index is 12.4. The lowest BCUT2D eigenvalue weighted by Crippen LogP contribution is -2.39. The molecule has 1 aliphatic heterocycles. The summed E-state index contributed by atoms with van der Waals surface area (Å²) in [6, 6.07) is 0.641. The van der Waals surface area contributed by atoms with E-state index in [0.29, 0.717) is 12.6 Å². The smallest absolute Gasteiger partial charge is 0.390 e. The highest BCUT2D eigenvalue weighted by atomic mass is 19.4. The zero-order chi connectivity index (χ0) is 15.5. The van der Waals surface area contributed by atoms with E-state index in [9.17, 15) is 23.1 Å². The molecule has 0 unspecified atom stereocenters. The standard InChI is InChI=1S/C12H17F3N4O2/c13-12(14,15)10-5-9(17-18-10)11(21)16-6-8(20)7-19-3-1-2-4-19/h5,8,20H,1-4,6-7H2,(H,16,21)(H,17,18)/t8-/m1/s1. The van der Waals surface area contributed by atoms with Gasteiger partial charge < -0.3 is 15.3 Å². The third kappa shape index (κ3) is 4.43. The van der Waals surface area contributed by atoms with Crippen LogP contribution < -0.4 is 5.32 Å². The van der Waals surface area contributed by atoms with Crippen molar-refractivity contribution in [2.75, 3.05) is 26.2 Å². The Morgan fingerprint density at radius 3 is 2.71 bits per heavy atom. The Kier molecular flexibility index (Phi) is 4.84. The lowest BCUT2D eigenvalue weighted by atomic mass is 10.3. The highest BCUT2D eigenvalue weighted by molar-refractivity contribution is 5.92. The molecule has 1 aliphatic rings. The molecule has 1 saturated heterocycles. The normalized spacial score (nSPS) is 17.9. The molecule has 0 spiro atoms. The first-order valence-corrected chi connectivity index (χ1v) is 6.67. The summed E-state index contributed by atoms with van der Waals surface area (Å²) >= 11 is 0. The number of nitrogens with zero attached hydrogens (tertiary/aromatic N) is 2. The first kappa shape index (κ1) is 15.8. The van der Waals surface area contributed by atoms with Gasteiger partial charge in [-0.2, -0.15) is 18.3 Å². The zero-order valence-electron chi connectivity index (χ0n) is 11.3. The van der Waals surface area contributed by atoms with Gasteiger partial charge in [-0.1, -0.05) is 0 Å². The number of carbonyl (C=O) groups is 1. The monoisotopic (exact) mass is 306 g/mol. The van der Waals surface area contributed by atoms with Crippen molar-refractivity contribution in [3.63, 3.8) is 0 Å². The van der Waals surface area contributed by atoms with E-state index in [2.05, 4.69) is 15.3 Å². The van der Waals surface area contributed by atoms with Gasteiger partial charge in [0.2, 0.25) is 0 Å². The van der Waals surface area contributed by atoms with Crippen molar-refractivity contribution < 1.29 is 23.1 Å². The summed E-state index contributed by atoms with van der Waals surface area (Å²) < 4.78 is 37.1. The fourth-order valence-electron chi connectivity index (χ4n) is 2.21. The molecule has 1 aromatic rings. The predicted octanol–water partition coefficient (Wildman–Crippen LogP) is 0.615. The Hall–Kier alpha value is -1.61. The number of halogens is 3. The summed E-state index contributed by atoms with van der Waals surface area (Å²) in [5, 5.41) is 17.2. The van der Waals surface area contributed by atoms with Gasteiger partial charge in [0.25, 0.3) is 5.91 Å².